The number of hydrogen-bond acceptors (Lipinski definition) is 6. The highest BCUT2D eigenvalue weighted by atomic mass is 16.7. The summed E-state index contributed by atoms with van der Waals surface area (Å²) >= 11 is 0. The average molecular weight is 395 g/mol. The summed E-state index contributed by atoms with van der Waals surface area (Å²) in [5.74, 6) is 1.91. The highest BCUT2D eigenvalue weighted by Gasteiger charge is 2.48. The molecule has 0 saturated carbocycles. The highest BCUT2D eigenvalue weighted by molar-refractivity contribution is 6.21. The Morgan fingerprint density at radius 3 is 2.79 bits per heavy atom. The average Bonchev–Trinajstić information content (AvgIpc) is 3.30. The predicted molar refractivity (Wildman–Crippen MR) is 104 cm³/mol. The van der Waals surface area contributed by atoms with Crippen molar-refractivity contribution in [2.75, 3.05) is 38.4 Å². The third-order valence-corrected chi connectivity index (χ3v) is 5.56. The summed E-state index contributed by atoms with van der Waals surface area (Å²) in [7, 11) is 1.56. The Morgan fingerprint density at radius 1 is 1.07 bits per heavy atom. The van der Waals surface area contributed by atoms with Gasteiger partial charge in [-0.2, -0.15) is 0 Å². The van der Waals surface area contributed by atoms with Crippen LogP contribution in [-0.2, 0) is 11.3 Å². The van der Waals surface area contributed by atoms with Crippen LogP contribution in [0.4, 0.5) is 10.5 Å². The molecule has 0 spiro atoms. The van der Waals surface area contributed by atoms with E-state index in [0.29, 0.717) is 37.6 Å². The second-order valence-corrected chi connectivity index (χ2v) is 7.29. The third-order valence-electron chi connectivity index (χ3n) is 5.56. The molecule has 8 heteroatoms. The monoisotopic (exact) mass is 395 g/mol. The maximum absolute atomic E-state index is 13.1. The van der Waals surface area contributed by atoms with Gasteiger partial charge in [-0.3, -0.25) is 9.69 Å². The minimum Gasteiger partial charge on any atom is -0.497 e. The van der Waals surface area contributed by atoms with Crippen LogP contribution in [-0.4, -0.2) is 61.3 Å². The van der Waals surface area contributed by atoms with Gasteiger partial charge in [0.1, 0.15) is 11.8 Å². The van der Waals surface area contributed by atoms with Gasteiger partial charge in [0, 0.05) is 32.2 Å². The number of imide groups is 1. The van der Waals surface area contributed by atoms with Crippen molar-refractivity contribution in [1.29, 1.82) is 0 Å². The molecule has 2 aromatic carbocycles. The van der Waals surface area contributed by atoms with Crippen molar-refractivity contribution in [3.05, 3.63) is 48.0 Å². The number of nitrogens with zero attached hydrogens (tertiary/aromatic N) is 3. The first-order valence-electron chi connectivity index (χ1n) is 9.53. The number of carbonyl (C=O) groups excluding carboxylic acids is 2. The SMILES string of the molecule is COc1cccc(N2C(=O)C3CN(Cc4ccc5c(c4)OCO5)CCN3C2=O)c1. The number of piperazine rings is 1. The first-order valence-corrected chi connectivity index (χ1v) is 9.53. The zero-order valence-electron chi connectivity index (χ0n) is 16.0. The second-order valence-electron chi connectivity index (χ2n) is 7.29. The molecule has 2 saturated heterocycles. The van der Waals surface area contributed by atoms with E-state index in [4.69, 9.17) is 14.2 Å². The van der Waals surface area contributed by atoms with Gasteiger partial charge in [-0.15, -0.1) is 0 Å². The molecule has 29 heavy (non-hydrogen) atoms. The van der Waals surface area contributed by atoms with Gasteiger partial charge in [0.25, 0.3) is 5.91 Å². The number of rotatable bonds is 4. The van der Waals surface area contributed by atoms with Crippen LogP contribution in [0.1, 0.15) is 5.56 Å². The fourth-order valence-corrected chi connectivity index (χ4v) is 4.08. The van der Waals surface area contributed by atoms with Crippen LogP contribution in [0, 0.1) is 0 Å². The summed E-state index contributed by atoms with van der Waals surface area (Å²) in [6, 6.07) is 12.2. The van der Waals surface area contributed by atoms with Crippen LogP contribution in [0.5, 0.6) is 17.2 Å². The Labute approximate surface area is 168 Å². The minimum absolute atomic E-state index is 0.196. The second kappa shape index (κ2) is 6.97. The number of urea groups is 1. The summed E-state index contributed by atoms with van der Waals surface area (Å²) < 4.78 is 16.0. The number of amides is 3. The van der Waals surface area contributed by atoms with Crippen molar-refractivity contribution in [2.24, 2.45) is 0 Å². The number of anilines is 1. The molecule has 3 heterocycles. The number of benzene rings is 2. The van der Waals surface area contributed by atoms with Crippen molar-refractivity contribution < 1.29 is 23.8 Å². The molecule has 3 aliphatic rings. The van der Waals surface area contributed by atoms with Crippen molar-refractivity contribution in [3.63, 3.8) is 0 Å². The zero-order chi connectivity index (χ0) is 20.0. The van der Waals surface area contributed by atoms with Gasteiger partial charge < -0.3 is 19.1 Å². The maximum atomic E-state index is 13.1. The maximum Gasteiger partial charge on any atom is 0.332 e. The van der Waals surface area contributed by atoms with E-state index in [1.165, 1.54) is 4.90 Å². The van der Waals surface area contributed by atoms with E-state index in [2.05, 4.69) is 4.90 Å². The molecule has 0 bridgehead atoms. The largest absolute Gasteiger partial charge is 0.497 e. The molecular weight excluding hydrogens is 374 g/mol. The van der Waals surface area contributed by atoms with E-state index in [1.807, 2.05) is 18.2 Å². The summed E-state index contributed by atoms with van der Waals surface area (Å²) in [4.78, 5) is 31.1. The fraction of sp³-hybridized carbons (Fsp3) is 0.333. The lowest BCUT2D eigenvalue weighted by Gasteiger charge is -2.35. The number of fused-ring (bicyclic) bond motifs is 2. The lowest BCUT2D eigenvalue weighted by Crippen LogP contribution is -2.52. The lowest BCUT2D eigenvalue weighted by atomic mass is 10.1. The Bertz CT molecular complexity index is 979. The van der Waals surface area contributed by atoms with Crippen molar-refractivity contribution in [3.8, 4) is 17.2 Å². The van der Waals surface area contributed by atoms with Crippen LogP contribution < -0.4 is 19.1 Å². The topological polar surface area (TPSA) is 71.6 Å². The van der Waals surface area contributed by atoms with Crippen molar-refractivity contribution in [1.82, 2.24) is 9.80 Å². The summed E-state index contributed by atoms with van der Waals surface area (Å²) in [6.45, 7) is 2.65. The Morgan fingerprint density at radius 2 is 1.93 bits per heavy atom. The summed E-state index contributed by atoms with van der Waals surface area (Å²) in [5, 5.41) is 0. The van der Waals surface area contributed by atoms with Gasteiger partial charge in [0.15, 0.2) is 11.5 Å². The van der Waals surface area contributed by atoms with Gasteiger partial charge in [0.05, 0.1) is 12.8 Å². The van der Waals surface area contributed by atoms with E-state index in [0.717, 1.165) is 17.1 Å². The van der Waals surface area contributed by atoms with E-state index < -0.39 is 6.04 Å². The molecule has 2 aromatic rings. The number of carbonyl (C=O) groups is 2. The minimum atomic E-state index is -0.475. The Hall–Kier alpha value is -3.26. The summed E-state index contributed by atoms with van der Waals surface area (Å²) in [6.07, 6.45) is 0. The molecule has 3 aliphatic heterocycles. The molecule has 1 atom stereocenters. The normalized spacial score (nSPS) is 20.9. The van der Waals surface area contributed by atoms with E-state index in [-0.39, 0.29) is 18.7 Å². The van der Waals surface area contributed by atoms with E-state index >= 15 is 0 Å². The van der Waals surface area contributed by atoms with Crippen LogP contribution >= 0.6 is 0 Å². The Balaban J connectivity index is 1.32. The number of hydrogen-bond donors (Lipinski definition) is 0. The van der Waals surface area contributed by atoms with E-state index in [1.54, 1.807) is 36.3 Å². The predicted octanol–water partition coefficient (Wildman–Crippen LogP) is 2.08. The molecule has 3 amide bonds. The molecule has 2 fully saturated rings. The molecule has 0 N–H and O–H groups in total. The summed E-state index contributed by atoms with van der Waals surface area (Å²) in [5.41, 5.74) is 1.63. The van der Waals surface area contributed by atoms with Gasteiger partial charge in [-0.1, -0.05) is 12.1 Å². The van der Waals surface area contributed by atoms with Gasteiger partial charge in [-0.25, -0.2) is 9.69 Å². The first-order chi connectivity index (χ1) is 14.1. The molecule has 0 aromatic heterocycles. The van der Waals surface area contributed by atoms with E-state index in [9.17, 15) is 9.59 Å². The number of methoxy groups -OCH3 is 1. The van der Waals surface area contributed by atoms with Crippen molar-refractivity contribution in [2.45, 2.75) is 12.6 Å². The molecule has 8 nitrogen and oxygen atoms in total. The molecule has 1 unspecified atom stereocenters. The zero-order valence-corrected chi connectivity index (χ0v) is 16.0. The van der Waals surface area contributed by atoms with Gasteiger partial charge in [-0.05, 0) is 29.8 Å². The number of ether oxygens (including phenoxy) is 3. The van der Waals surface area contributed by atoms with Gasteiger partial charge >= 0.3 is 6.03 Å². The van der Waals surface area contributed by atoms with Crippen LogP contribution in [0.2, 0.25) is 0 Å². The molecule has 0 radical (unpaired) electrons. The highest BCUT2D eigenvalue weighted by Crippen LogP contribution is 2.34. The molecule has 150 valence electrons. The Kier molecular flexibility index (Phi) is 4.28. The standard InChI is InChI=1S/C21H21N3O5/c1-27-16-4-2-3-15(10-16)24-20(25)17-12-22(7-8-23(17)21(24)26)11-14-5-6-18-19(9-14)29-13-28-18/h2-6,9-10,17H,7-8,11-13H2,1H3. The molecule has 0 aliphatic carbocycles. The van der Waals surface area contributed by atoms with Gasteiger partial charge in [0.2, 0.25) is 6.79 Å². The van der Waals surface area contributed by atoms with Crippen LogP contribution in [0.15, 0.2) is 42.5 Å². The quantitative estimate of drug-likeness (QED) is 0.739. The molecule has 5 rings (SSSR count). The molecular formula is C21H21N3O5. The third kappa shape index (κ3) is 3.05. The van der Waals surface area contributed by atoms with Crippen LogP contribution in [0.3, 0.4) is 0 Å². The first kappa shape index (κ1) is 17.8. The van der Waals surface area contributed by atoms with Crippen molar-refractivity contribution >= 4 is 17.6 Å². The smallest absolute Gasteiger partial charge is 0.332 e. The lowest BCUT2D eigenvalue weighted by molar-refractivity contribution is -0.121. The van der Waals surface area contributed by atoms with Crippen LogP contribution in [0.25, 0.3) is 0 Å². The fourth-order valence-electron chi connectivity index (χ4n) is 4.08.